The molecule has 0 aliphatic rings. The van der Waals surface area contributed by atoms with E-state index in [1.165, 1.54) is 0 Å². The summed E-state index contributed by atoms with van der Waals surface area (Å²) < 4.78 is 1.59. The number of nitrogens with zero attached hydrogens (tertiary/aromatic N) is 2. The van der Waals surface area contributed by atoms with Crippen LogP contribution in [0, 0.1) is 0 Å². The molecule has 0 spiro atoms. The van der Waals surface area contributed by atoms with Crippen LogP contribution in [0.3, 0.4) is 0 Å². The molecule has 0 radical (unpaired) electrons. The highest BCUT2D eigenvalue weighted by Gasteiger charge is 2.41. The Bertz CT molecular complexity index is 963. The minimum Gasteiger partial charge on any atom is -0.244 e. The highest BCUT2D eigenvalue weighted by Crippen LogP contribution is 2.43. The van der Waals surface area contributed by atoms with Gasteiger partial charge in [-0.25, -0.2) is 9.97 Å². The maximum atomic E-state index is 4.87. The summed E-state index contributed by atoms with van der Waals surface area (Å²) in [6, 6.07) is 32.9. The van der Waals surface area contributed by atoms with E-state index < -0.39 is 5.41 Å². The van der Waals surface area contributed by atoms with Crippen molar-refractivity contribution in [2.75, 3.05) is 0 Å². The van der Waals surface area contributed by atoms with Gasteiger partial charge >= 0.3 is 0 Å². The second-order valence-corrected chi connectivity index (χ2v) is 7.80. The zero-order valence-corrected chi connectivity index (χ0v) is 17.6. The first-order valence-electron chi connectivity index (χ1n) is 8.58. The smallest absolute Gasteiger partial charge is 0.106 e. The fourth-order valence-electron chi connectivity index (χ4n) is 3.50. The summed E-state index contributed by atoms with van der Waals surface area (Å²) in [6.45, 7) is 0. The lowest BCUT2D eigenvalue weighted by Crippen LogP contribution is -2.33. The largest absolute Gasteiger partial charge is 0.244 e. The van der Waals surface area contributed by atoms with Crippen molar-refractivity contribution in [3.8, 4) is 0 Å². The monoisotopic (exact) mass is 478 g/mol. The molecule has 27 heavy (non-hydrogen) atoms. The van der Waals surface area contributed by atoms with Crippen molar-refractivity contribution in [2.24, 2.45) is 0 Å². The van der Waals surface area contributed by atoms with Crippen LogP contribution in [-0.4, -0.2) is 9.97 Å². The predicted octanol–water partition coefficient (Wildman–Crippen LogP) is 6.38. The summed E-state index contributed by atoms with van der Waals surface area (Å²) in [5.74, 6) is 0. The Balaban J connectivity index is 2.16. The fourth-order valence-corrected chi connectivity index (χ4v) is 4.19. The molecule has 2 nitrogen and oxygen atoms in total. The minimum atomic E-state index is -0.629. The molecule has 132 valence electrons. The van der Waals surface area contributed by atoms with Gasteiger partial charge in [-0.2, -0.15) is 0 Å². The third-order valence-corrected chi connectivity index (χ3v) is 5.50. The molecule has 0 aliphatic heterocycles. The molecule has 4 aromatic rings. The Morgan fingerprint density at radius 3 is 1.26 bits per heavy atom. The zero-order chi connectivity index (χ0) is 18.7. The van der Waals surface area contributed by atoms with E-state index in [1.54, 1.807) is 0 Å². The first-order valence-corrected chi connectivity index (χ1v) is 10.2. The molecule has 0 N–H and O–H groups in total. The molecule has 2 aromatic heterocycles. The molecule has 0 saturated carbocycles. The average Bonchev–Trinajstić information content (AvgIpc) is 2.71. The van der Waals surface area contributed by atoms with Gasteiger partial charge in [0.1, 0.15) is 14.6 Å². The number of pyridine rings is 2. The van der Waals surface area contributed by atoms with Gasteiger partial charge in [0.2, 0.25) is 0 Å². The Labute approximate surface area is 175 Å². The lowest BCUT2D eigenvalue weighted by molar-refractivity contribution is 0.683. The summed E-state index contributed by atoms with van der Waals surface area (Å²) >= 11 is 7.09. The van der Waals surface area contributed by atoms with Crippen molar-refractivity contribution in [1.82, 2.24) is 9.97 Å². The van der Waals surface area contributed by atoms with Gasteiger partial charge in [0, 0.05) is 0 Å². The number of halogens is 2. The van der Waals surface area contributed by atoms with Crippen molar-refractivity contribution < 1.29 is 0 Å². The van der Waals surface area contributed by atoms with Crippen molar-refractivity contribution >= 4 is 31.9 Å². The highest BCUT2D eigenvalue weighted by atomic mass is 79.9. The molecule has 2 aromatic carbocycles. The molecule has 0 fully saturated rings. The molecular formula is C23H16Br2N2. The van der Waals surface area contributed by atoms with Crippen molar-refractivity contribution in [3.63, 3.8) is 0 Å². The van der Waals surface area contributed by atoms with Gasteiger partial charge in [-0.15, -0.1) is 0 Å². The van der Waals surface area contributed by atoms with Crippen LogP contribution in [0.15, 0.2) is 106 Å². The Morgan fingerprint density at radius 2 is 0.889 bits per heavy atom. The van der Waals surface area contributed by atoms with Gasteiger partial charge in [-0.05, 0) is 67.3 Å². The lowest BCUT2D eigenvalue weighted by Gasteiger charge is -2.34. The van der Waals surface area contributed by atoms with Crippen LogP contribution in [0.2, 0.25) is 0 Å². The van der Waals surface area contributed by atoms with Crippen molar-refractivity contribution in [1.29, 1.82) is 0 Å². The van der Waals surface area contributed by atoms with Gasteiger partial charge in [0.25, 0.3) is 0 Å². The first-order chi connectivity index (χ1) is 13.2. The van der Waals surface area contributed by atoms with E-state index in [0.717, 1.165) is 31.7 Å². The Kier molecular flexibility index (Phi) is 5.19. The number of aromatic nitrogens is 2. The second kappa shape index (κ2) is 7.75. The van der Waals surface area contributed by atoms with E-state index in [9.17, 15) is 0 Å². The third-order valence-electron chi connectivity index (χ3n) is 4.61. The molecule has 0 aliphatic carbocycles. The molecule has 4 heteroatoms. The molecule has 0 amide bonds. The van der Waals surface area contributed by atoms with Gasteiger partial charge in [-0.3, -0.25) is 0 Å². The van der Waals surface area contributed by atoms with E-state index in [0.29, 0.717) is 0 Å². The van der Waals surface area contributed by atoms with E-state index >= 15 is 0 Å². The topological polar surface area (TPSA) is 25.8 Å². The number of rotatable bonds is 4. The molecule has 0 saturated heterocycles. The Morgan fingerprint density at radius 1 is 0.481 bits per heavy atom. The van der Waals surface area contributed by atoms with E-state index in [-0.39, 0.29) is 0 Å². The third kappa shape index (κ3) is 3.35. The first kappa shape index (κ1) is 18.1. The average molecular weight is 480 g/mol. The maximum Gasteiger partial charge on any atom is 0.106 e. The number of hydrogen-bond donors (Lipinski definition) is 0. The quantitative estimate of drug-likeness (QED) is 0.317. The molecule has 0 unspecified atom stereocenters. The summed E-state index contributed by atoms with van der Waals surface area (Å²) in [4.78, 5) is 9.73. The van der Waals surface area contributed by atoms with Gasteiger partial charge in [0.05, 0.1) is 11.4 Å². The summed E-state index contributed by atoms with van der Waals surface area (Å²) in [5.41, 5.74) is 3.44. The van der Waals surface area contributed by atoms with E-state index in [1.807, 2.05) is 36.4 Å². The standard InChI is InChI=1S/C23H16Br2N2/c24-21-15-7-13-19(26-21)23(17-9-3-1-4-10-17,18-11-5-2-6-12-18)20-14-8-16-22(25)27-20/h1-16H. The van der Waals surface area contributed by atoms with Crippen LogP contribution in [0.5, 0.6) is 0 Å². The lowest BCUT2D eigenvalue weighted by atomic mass is 9.69. The fraction of sp³-hybridized carbons (Fsp3) is 0.0435. The van der Waals surface area contributed by atoms with Crippen LogP contribution in [0.4, 0.5) is 0 Å². The van der Waals surface area contributed by atoms with Gasteiger partial charge in [0.15, 0.2) is 0 Å². The molecule has 2 heterocycles. The second-order valence-electron chi connectivity index (χ2n) is 6.17. The minimum absolute atomic E-state index is 0.629. The molecule has 0 bridgehead atoms. The molecule has 0 atom stereocenters. The van der Waals surface area contributed by atoms with Crippen molar-refractivity contribution in [2.45, 2.75) is 5.41 Å². The van der Waals surface area contributed by atoms with Crippen LogP contribution >= 0.6 is 31.9 Å². The summed E-state index contributed by atoms with van der Waals surface area (Å²) in [6.07, 6.45) is 0. The molecular weight excluding hydrogens is 464 g/mol. The SMILES string of the molecule is Brc1cccc(C(c2ccccc2)(c2ccccc2)c2cccc(Br)n2)n1. The van der Waals surface area contributed by atoms with E-state index in [2.05, 4.69) is 92.5 Å². The van der Waals surface area contributed by atoms with Crippen LogP contribution in [0.25, 0.3) is 0 Å². The van der Waals surface area contributed by atoms with Gasteiger partial charge < -0.3 is 0 Å². The van der Waals surface area contributed by atoms with Crippen molar-refractivity contribution in [3.05, 3.63) is 129 Å². The Hall–Kier alpha value is -2.30. The zero-order valence-electron chi connectivity index (χ0n) is 14.4. The van der Waals surface area contributed by atoms with Crippen LogP contribution in [0.1, 0.15) is 22.5 Å². The van der Waals surface area contributed by atoms with Crippen LogP contribution in [-0.2, 0) is 5.41 Å². The summed E-state index contributed by atoms with van der Waals surface area (Å²) in [5, 5.41) is 0. The number of benzene rings is 2. The van der Waals surface area contributed by atoms with E-state index in [4.69, 9.17) is 9.97 Å². The maximum absolute atomic E-state index is 4.87. The van der Waals surface area contributed by atoms with Crippen LogP contribution < -0.4 is 0 Å². The summed E-state index contributed by atoms with van der Waals surface area (Å²) in [7, 11) is 0. The number of hydrogen-bond acceptors (Lipinski definition) is 2. The molecule has 4 rings (SSSR count). The predicted molar refractivity (Wildman–Crippen MR) is 116 cm³/mol. The van der Waals surface area contributed by atoms with Gasteiger partial charge in [-0.1, -0.05) is 72.8 Å². The normalized spacial score (nSPS) is 11.3. The highest BCUT2D eigenvalue weighted by molar-refractivity contribution is 9.10.